The molecule has 0 saturated carbocycles. The summed E-state index contributed by atoms with van der Waals surface area (Å²) in [6.07, 6.45) is 0.845. The van der Waals surface area contributed by atoms with Gasteiger partial charge in [0.05, 0.1) is 0 Å². The Morgan fingerprint density at radius 1 is 1.25 bits per heavy atom. The van der Waals surface area contributed by atoms with E-state index in [1.165, 1.54) is 5.56 Å². The summed E-state index contributed by atoms with van der Waals surface area (Å²) in [5, 5.41) is 4.96. The van der Waals surface area contributed by atoms with Gasteiger partial charge in [-0.05, 0) is 53.4 Å². The van der Waals surface area contributed by atoms with Gasteiger partial charge in [-0.15, -0.1) is 0 Å². The Hall–Kier alpha value is -0.830. The van der Waals surface area contributed by atoms with Crippen LogP contribution in [-0.2, 0) is 12.0 Å². The summed E-state index contributed by atoms with van der Waals surface area (Å²) in [7, 11) is 0. The summed E-state index contributed by atoms with van der Waals surface area (Å²) in [6.45, 7) is 2.05. The van der Waals surface area contributed by atoms with Crippen LogP contribution in [0.5, 0.6) is 0 Å². The van der Waals surface area contributed by atoms with Gasteiger partial charge >= 0.3 is 0 Å². The first kappa shape index (κ1) is 11.6. The minimum atomic E-state index is -0.342. The predicted octanol–water partition coefficient (Wildman–Crippen LogP) is 3.82. The zero-order valence-electron chi connectivity index (χ0n) is 9.11. The number of nitrogens with two attached hydrogens (primary N) is 1. The summed E-state index contributed by atoms with van der Waals surface area (Å²) in [6, 6.07) is 9.88. The molecule has 84 valence electrons. The van der Waals surface area contributed by atoms with Crippen molar-refractivity contribution < 1.29 is 0 Å². The first-order valence-electron chi connectivity index (χ1n) is 5.14. The van der Waals surface area contributed by atoms with Gasteiger partial charge in [0, 0.05) is 10.6 Å². The molecule has 0 amide bonds. The molecule has 1 aromatic carbocycles. The van der Waals surface area contributed by atoms with Crippen molar-refractivity contribution in [3.63, 3.8) is 0 Å². The van der Waals surface area contributed by atoms with Crippen molar-refractivity contribution in [3.8, 4) is 0 Å². The van der Waals surface area contributed by atoms with Gasteiger partial charge in [0.15, 0.2) is 0 Å². The monoisotopic (exact) mass is 251 g/mol. The SMILES string of the molecule is CC(N)(Cc1ccsc1)c1ccc(Cl)cc1. The average Bonchev–Trinajstić information content (AvgIpc) is 2.70. The number of rotatable bonds is 3. The molecule has 1 atom stereocenters. The lowest BCUT2D eigenvalue weighted by Crippen LogP contribution is -2.35. The molecule has 2 aromatic rings. The van der Waals surface area contributed by atoms with E-state index >= 15 is 0 Å². The largest absolute Gasteiger partial charge is 0.321 e. The summed E-state index contributed by atoms with van der Waals surface area (Å²) in [5.74, 6) is 0. The molecule has 0 saturated heterocycles. The van der Waals surface area contributed by atoms with Gasteiger partial charge in [-0.2, -0.15) is 11.3 Å². The lowest BCUT2D eigenvalue weighted by atomic mass is 9.87. The van der Waals surface area contributed by atoms with Gasteiger partial charge in [0.1, 0.15) is 0 Å². The molecule has 1 unspecified atom stereocenters. The van der Waals surface area contributed by atoms with Crippen molar-refractivity contribution in [2.45, 2.75) is 18.9 Å². The molecule has 1 heterocycles. The fourth-order valence-corrected chi connectivity index (χ4v) is 2.54. The highest BCUT2D eigenvalue weighted by Crippen LogP contribution is 2.25. The molecule has 0 bridgehead atoms. The van der Waals surface area contributed by atoms with E-state index in [-0.39, 0.29) is 5.54 Å². The molecule has 0 fully saturated rings. The zero-order valence-corrected chi connectivity index (χ0v) is 10.7. The van der Waals surface area contributed by atoms with Crippen LogP contribution in [0, 0.1) is 0 Å². The number of thiophene rings is 1. The fraction of sp³-hybridized carbons (Fsp3) is 0.231. The Morgan fingerprint density at radius 2 is 1.94 bits per heavy atom. The van der Waals surface area contributed by atoms with Crippen LogP contribution in [0.15, 0.2) is 41.1 Å². The van der Waals surface area contributed by atoms with E-state index in [4.69, 9.17) is 17.3 Å². The number of halogens is 1. The molecule has 2 N–H and O–H groups in total. The third-order valence-electron chi connectivity index (χ3n) is 2.66. The van der Waals surface area contributed by atoms with E-state index < -0.39 is 0 Å². The molecule has 3 heteroatoms. The average molecular weight is 252 g/mol. The van der Waals surface area contributed by atoms with Crippen LogP contribution in [0.4, 0.5) is 0 Å². The van der Waals surface area contributed by atoms with Gasteiger partial charge in [-0.25, -0.2) is 0 Å². The van der Waals surface area contributed by atoms with E-state index in [2.05, 4.69) is 16.8 Å². The Bertz CT molecular complexity index is 445. The summed E-state index contributed by atoms with van der Waals surface area (Å²) in [4.78, 5) is 0. The van der Waals surface area contributed by atoms with Crippen LogP contribution in [0.25, 0.3) is 0 Å². The van der Waals surface area contributed by atoms with E-state index in [0.29, 0.717) is 0 Å². The lowest BCUT2D eigenvalue weighted by Gasteiger charge is -2.25. The van der Waals surface area contributed by atoms with Crippen molar-refractivity contribution >= 4 is 22.9 Å². The topological polar surface area (TPSA) is 26.0 Å². The number of benzene rings is 1. The van der Waals surface area contributed by atoms with Crippen molar-refractivity contribution in [2.24, 2.45) is 5.73 Å². The van der Waals surface area contributed by atoms with Crippen LogP contribution in [0.1, 0.15) is 18.1 Å². The molecular weight excluding hydrogens is 238 g/mol. The maximum absolute atomic E-state index is 6.34. The van der Waals surface area contributed by atoms with Gasteiger partial charge in [-0.3, -0.25) is 0 Å². The number of hydrogen-bond donors (Lipinski definition) is 1. The highest BCUT2D eigenvalue weighted by atomic mass is 35.5. The maximum Gasteiger partial charge on any atom is 0.0422 e. The molecule has 0 aliphatic rings. The summed E-state index contributed by atoms with van der Waals surface area (Å²) < 4.78 is 0. The molecule has 2 rings (SSSR count). The van der Waals surface area contributed by atoms with E-state index in [1.807, 2.05) is 31.2 Å². The fourth-order valence-electron chi connectivity index (χ4n) is 1.75. The van der Waals surface area contributed by atoms with E-state index in [0.717, 1.165) is 17.0 Å². The minimum Gasteiger partial charge on any atom is -0.321 e. The van der Waals surface area contributed by atoms with Crippen molar-refractivity contribution in [1.29, 1.82) is 0 Å². The molecule has 1 aromatic heterocycles. The Balaban J connectivity index is 2.21. The van der Waals surface area contributed by atoms with Gasteiger partial charge < -0.3 is 5.73 Å². The van der Waals surface area contributed by atoms with E-state index in [9.17, 15) is 0 Å². The predicted molar refractivity (Wildman–Crippen MR) is 71.0 cm³/mol. The second-order valence-corrected chi connectivity index (χ2v) is 5.45. The molecule has 0 aliphatic carbocycles. The number of hydrogen-bond acceptors (Lipinski definition) is 2. The van der Waals surface area contributed by atoms with Crippen LogP contribution >= 0.6 is 22.9 Å². The molecule has 0 aliphatic heterocycles. The standard InChI is InChI=1S/C13H14ClNS/c1-13(15,8-10-6-7-16-9-10)11-2-4-12(14)5-3-11/h2-7,9H,8,15H2,1H3. The molecular formula is C13H14ClNS. The normalized spacial score (nSPS) is 14.7. The van der Waals surface area contributed by atoms with Gasteiger partial charge in [-0.1, -0.05) is 23.7 Å². The second kappa shape index (κ2) is 4.58. The third-order valence-corrected chi connectivity index (χ3v) is 3.64. The van der Waals surface area contributed by atoms with Crippen LogP contribution in [0.2, 0.25) is 5.02 Å². The highest BCUT2D eigenvalue weighted by Gasteiger charge is 2.21. The summed E-state index contributed by atoms with van der Waals surface area (Å²) >= 11 is 7.57. The van der Waals surface area contributed by atoms with Crippen LogP contribution in [-0.4, -0.2) is 0 Å². The van der Waals surface area contributed by atoms with Gasteiger partial charge in [0.25, 0.3) is 0 Å². The highest BCUT2D eigenvalue weighted by molar-refractivity contribution is 7.07. The van der Waals surface area contributed by atoms with Gasteiger partial charge in [0.2, 0.25) is 0 Å². The lowest BCUT2D eigenvalue weighted by molar-refractivity contribution is 0.492. The quantitative estimate of drug-likeness (QED) is 0.882. The van der Waals surface area contributed by atoms with Crippen molar-refractivity contribution in [3.05, 3.63) is 57.2 Å². The molecule has 1 nitrogen and oxygen atoms in total. The van der Waals surface area contributed by atoms with E-state index in [1.54, 1.807) is 11.3 Å². The minimum absolute atomic E-state index is 0.342. The van der Waals surface area contributed by atoms with Crippen LogP contribution in [0.3, 0.4) is 0 Å². The molecule has 0 spiro atoms. The van der Waals surface area contributed by atoms with Crippen molar-refractivity contribution in [2.75, 3.05) is 0 Å². The molecule has 0 radical (unpaired) electrons. The Morgan fingerprint density at radius 3 is 2.50 bits per heavy atom. The third kappa shape index (κ3) is 2.64. The molecule has 16 heavy (non-hydrogen) atoms. The summed E-state index contributed by atoms with van der Waals surface area (Å²) in [5.41, 5.74) is 8.40. The first-order chi connectivity index (χ1) is 7.58. The Kier molecular flexibility index (Phi) is 3.33. The zero-order chi connectivity index (χ0) is 11.6. The Labute approximate surface area is 105 Å². The second-order valence-electron chi connectivity index (χ2n) is 4.23. The maximum atomic E-state index is 6.34. The van der Waals surface area contributed by atoms with Crippen molar-refractivity contribution in [1.82, 2.24) is 0 Å². The van der Waals surface area contributed by atoms with Crippen LogP contribution < -0.4 is 5.73 Å². The first-order valence-corrected chi connectivity index (χ1v) is 6.46. The smallest absolute Gasteiger partial charge is 0.0422 e.